The normalized spacial score (nSPS) is 11.7. The first kappa shape index (κ1) is 72.1. The molecule has 0 aliphatic rings. The molecule has 0 saturated carbocycles. The van der Waals surface area contributed by atoms with Gasteiger partial charge < -0.3 is 24.9 Å². The van der Waals surface area contributed by atoms with Gasteiger partial charge in [-0.05, 0) is 159 Å². The van der Waals surface area contributed by atoms with Crippen molar-refractivity contribution in [3.05, 3.63) is 328 Å². The van der Waals surface area contributed by atoms with E-state index in [1.165, 1.54) is 24.3 Å². The lowest BCUT2D eigenvalue weighted by molar-refractivity contribution is -0.138. The van der Waals surface area contributed by atoms with E-state index in [4.69, 9.17) is 6.57 Å². The van der Waals surface area contributed by atoms with Crippen LogP contribution in [0.3, 0.4) is 0 Å². The second-order valence-corrected chi connectivity index (χ2v) is 26.9. The molecule has 3 N–H and O–H groups in total. The molecule has 14 rings (SSSR count). The lowest BCUT2D eigenvalue weighted by Crippen LogP contribution is -2.11. The first-order chi connectivity index (χ1) is 48.3. The molecule has 0 amide bonds. The summed E-state index contributed by atoms with van der Waals surface area (Å²) in [5, 5.41) is 48.3. The number of aliphatic hydroxyl groups excluding tert-OH is 1. The third-order valence-corrected chi connectivity index (χ3v) is 18.8. The zero-order valence-electron chi connectivity index (χ0n) is 53.7. The van der Waals surface area contributed by atoms with E-state index in [1.807, 2.05) is 210 Å². The molecule has 0 aromatic heterocycles. The maximum atomic E-state index is 13.4. The van der Waals surface area contributed by atoms with Crippen molar-refractivity contribution in [1.82, 2.24) is 0 Å². The number of halogens is 6. The second kappa shape index (κ2) is 30.6. The first-order valence-electron chi connectivity index (χ1n) is 31.3. The van der Waals surface area contributed by atoms with Crippen LogP contribution in [0.4, 0.5) is 66.2 Å². The van der Waals surface area contributed by atoms with Crippen LogP contribution in [0.5, 0.6) is 0 Å². The molecule has 14 aromatic rings. The van der Waals surface area contributed by atoms with Crippen LogP contribution in [0, 0.1) is 40.6 Å². The summed E-state index contributed by atoms with van der Waals surface area (Å²) in [7, 11) is -2.66. The van der Waals surface area contributed by atoms with Crippen molar-refractivity contribution in [3.63, 3.8) is 0 Å². The van der Waals surface area contributed by atoms with E-state index in [0.29, 0.717) is 50.1 Å². The summed E-state index contributed by atoms with van der Waals surface area (Å²) in [6.07, 6.45) is -4.23. The summed E-state index contributed by atoms with van der Waals surface area (Å²) < 4.78 is 91.4. The molecule has 0 aliphatic carbocycles. The molecule has 0 saturated heterocycles. The summed E-state index contributed by atoms with van der Waals surface area (Å²) >= 11 is 0. The lowest BCUT2D eigenvalue weighted by Gasteiger charge is -2.27. The van der Waals surface area contributed by atoms with Crippen molar-refractivity contribution in [2.45, 2.75) is 25.9 Å². The van der Waals surface area contributed by atoms with E-state index in [2.05, 4.69) is 23.1 Å². The van der Waals surface area contributed by atoms with Gasteiger partial charge in [0.1, 0.15) is 31.6 Å². The Morgan fingerprint density at radius 3 is 1.23 bits per heavy atom. The Hall–Kier alpha value is -12.7. The highest BCUT2D eigenvalue weighted by atomic mass is 31.2. The van der Waals surface area contributed by atoms with E-state index in [1.54, 1.807) is 37.0 Å². The van der Waals surface area contributed by atoms with E-state index >= 15 is 0 Å². The minimum absolute atomic E-state index is 0. The first-order valence-corrected chi connectivity index (χ1v) is 33.8. The third-order valence-electron chi connectivity index (χ3n) is 17.2. The number of aliphatic hydroxyl groups is 1. The molecule has 0 aliphatic heterocycles. The maximum absolute atomic E-state index is 13.4. The molecule has 0 radical (unpaired) electrons. The fourth-order valence-electron chi connectivity index (χ4n) is 12.4. The van der Waals surface area contributed by atoms with E-state index in [-0.39, 0.29) is 25.4 Å². The number of alkyl halides is 6. The van der Waals surface area contributed by atoms with Gasteiger partial charge >= 0.3 is 12.4 Å². The molecule has 0 fully saturated rings. The van der Waals surface area contributed by atoms with Crippen LogP contribution in [-0.2, 0) is 23.1 Å². The molecule has 0 spiro atoms. The highest BCUT2D eigenvalue weighted by Crippen LogP contribution is 2.47. The van der Waals surface area contributed by atoms with Crippen molar-refractivity contribution < 1.29 is 46.3 Å². The quantitative estimate of drug-likeness (QED) is 0.0315. The predicted octanol–water partition coefficient (Wildman–Crippen LogP) is 23.4. The number of nitriles is 3. The van der Waals surface area contributed by atoms with Gasteiger partial charge in [0.25, 0.3) is 0 Å². The number of hydrogen-bond donors (Lipinski definition) is 1. The van der Waals surface area contributed by atoms with Gasteiger partial charge in [0.2, 0.25) is 5.69 Å². The lowest BCUT2D eigenvalue weighted by atomic mass is 9.92. The summed E-state index contributed by atoms with van der Waals surface area (Å²) in [4.78, 5) is 18.7. The standard InChI is InChI=1S/C41H24F3N3.C24H16F3NO.C19H15N2O2P.CH4.H2O/c1-46-40-36-11-5-4-10-34(36)38(26-45)35-24-17-28(25-37(35)40)14-13-27-15-20-31(21-16-27)47(32-22-18-30(19-23-32)41(42,43)44)39-12-6-8-29-7-2-3-9-33(29)39;25-24(26,27)19-10-14-21(15-11-19)28(20-12-8-17(16-29)9-13-20)23-7-3-5-18-4-1-2-6-22(18)23;1-24(23,12-22)11-13-6-7-16-17(8-13)19(10-21)15-5-3-2-4-14(15)18(16)9-20;;/h2-25H;1-16H;2-8,22H,11-12H2,1H3;1H4;1H2. The molecule has 1 atom stereocenters. The Bertz CT molecular complexity index is 5730. The van der Waals surface area contributed by atoms with Crippen LogP contribution < -0.4 is 9.80 Å². The fraction of sp³-hybridized carbons (Fsp3) is 0.0706. The summed E-state index contributed by atoms with van der Waals surface area (Å²) in [5.41, 5.74) is 8.25. The molecule has 14 aromatic carbocycles. The van der Waals surface area contributed by atoms with Crippen LogP contribution in [0.15, 0.2) is 267 Å². The van der Waals surface area contributed by atoms with Gasteiger partial charge in [0, 0.05) is 66.8 Å². The fourth-order valence-corrected chi connectivity index (χ4v) is 13.5. The summed E-state index contributed by atoms with van der Waals surface area (Å²) in [6.45, 7) is 9.43. The van der Waals surface area contributed by atoms with Crippen LogP contribution >= 0.6 is 7.14 Å². The molecule has 10 nitrogen and oxygen atoms in total. The number of nitrogens with zero attached hydrogens (tertiary/aromatic N) is 6. The van der Waals surface area contributed by atoms with Gasteiger partial charge in [0.15, 0.2) is 0 Å². The van der Waals surface area contributed by atoms with Crippen LogP contribution in [0.2, 0.25) is 0 Å². The van der Waals surface area contributed by atoms with E-state index in [9.17, 15) is 56.6 Å². The van der Waals surface area contributed by atoms with Crippen LogP contribution in [0.1, 0.15) is 62.3 Å². The minimum atomic E-state index is -4.43. The van der Waals surface area contributed by atoms with Crippen molar-refractivity contribution in [2.24, 2.45) is 0 Å². The molecule has 102 heavy (non-hydrogen) atoms. The maximum Gasteiger partial charge on any atom is 0.416 e. The number of hydrogen-bond acceptors (Lipinski definition) is 8. The second-order valence-electron chi connectivity index (χ2n) is 23.7. The number of fused-ring (bicyclic) bond motifs is 6. The van der Waals surface area contributed by atoms with Gasteiger partial charge in [-0.3, -0.25) is 4.79 Å². The Morgan fingerprint density at radius 1 is 0.441 bits per heavy atom. The third kappa shape index (κ3) is 15.0. The molecule has 17 heteroatoms. The van der Waals surface area contributed by atoms with Gasteiger partial charge in [-0.2, -0.15) is 42.1 Å². The van der Waals surface area contributed by atoms with Crippen LogP contribution in [-0.4, -0.2) is 29.9 Å². The van der Waals surface area contributed by atoms with E-state index < -0.39 is 30.6 Å². The Labute approximate surface area is 584 Å². The Balaban J connectivity index is 0.000000175. The number of carbonyl (C=O) groups excluding carboxylic acids is 1. The van der Waals surface area contributed by atoms with Gasteiger partial charge in [-0.15, -0.1) is 0 Å². The molecular formula is C85H61F6N6O4P. The van der Waals surface area contributed by atoms with Crippen LogP contribution in [0.25, 0.3) is 81.6 Å². The molecular weight excluding hydrogens is 1310 g/mol. The van der Waals surface area contributed by atoms with Gasteiger partial charge in [-0.25, -0.2) is 4.85 Å². The molecule has 0 bridgehead atoms. The SMILES string of the molecule is C.CP(=O)(CO)Cc1ccc2c(C#N)c3ccccc3c(C#N)c2c1.O.O=Cc1ccc(N(c2ccc(C(F)(F)F)cc2)c2cccc3ccccc23)cc1.[C-]#[N+]c1c2ccccc2c(C#N)c2ccc(C=Cc3ccc(N(c4ccc(C(F)(F)F)cc4)c4cccc5ccccc45)cc3)cc12. The predicted molar refractivity (Wildman–Crippen MR) is 400 cm³/mol. The molecule has 1 unspecified atom stereocenters. The highest BCUT2D eigenvalue weighted by molar-refractivity contribution is 7.62. The highest BCUT2D eigenvalue weighted by Gasteiger charge is 2.32. The number of anilines is 6. The van der Waals surface area contributed by atoms with Crippen molar-refractivity contribution in [2.75, 3.05) is 22.8 Å². The van der Waals surface area contributed by atoms with Crippen molar-refractivity contribution in [3.8, 4) is 18.2 Å². The number of aldehydes is 1. The number of carbonyl (C=O) groups is 1. The van der Waals surface area contributed by atoms with Crippen molar-refractivity contribution >= 4 is 130 Å². The van der Waals surface area contributed by atoms with Gasteiger partial charge in [0.05, 0.1) is 52.1 Å². The Kier molecular flexibility index (Phi) is 21.6. The topological polar surface area (TPSA) is 168 Å². The minimum Gasteiger partial charge on any atom is -0.412 e. The average Bonchev–Trinajstić information content (AvgIpc) is 0.765. The summed E-state index contributed by atoms with van der Waals surface area (Å²) in [6, 6.07) is 85.3. The largest absolute Gasteiger partial charge is 0.416 e. The average molecular weight is 1380 g/mol. The number of rotatable bonds is 12. The van der Waals surface area contributed by atoms with E-state index in [0.717, 1.165) is 124 Å². The smallest absolute Gasteiger partial charge is 0.412 e. The van der Waals surface area contributed by atoms with Crippen molar-refractivity contribution in [1.29, 1.82) is 15.8 Å². The zero-order valence-corrected chi connectivity index (χ0v) is 54.6. The zero-order chi connectivity index (χ0) is 70.3. The summed E-state index contributed by atoms with van der Waals surface area (Å²) in [5.74, 6) is 0. The number of benzene rings is 14. The molecule has 502 valence electrons. The Morgan fingerprint density at radius 2 is 0.794 bits per heavy atom. The molecule has 0 heterocycles. The monoisotopic (exact) mass is 1370 g/mol. The van der Waals surface area contributed by atoms with Gasteiger partial charge in [-0.1, -0.05) is 183 Å².